The minimum atomic E-state index is -0.126. The molecular formula is C80H54N2. The van der Waals surface area contributed by atoms with Crippen molar-refractivity contribution in [2.75, 3.05) is 9.80 Å². The van der Waals surface area contributed by atoms with Crippen LogP contribution < -0.4 is 9.80 Å². The molecule has 0 saturated heterocycles. The molecule has 0 amide bonds. The molecule has 0 N–H and O–H groups in total. The Labute approximate surface area is 476 Å². The molecule has 0 spiro atoms. The van der Waals surface area contributed by atoms with Gasteiger partial charge in [-0.1, -0.05) is 198 Å². The molecule has 2 aliphatic rings. The smallest absolute Gasteiger partial charge is 0.0468 e. The predicted molar refractivity (Wildman–Crippen MR) is 351 cm³/mol. The van der Waals surface area contributed by atoms with Crippen molar-refractivity contribution in [3.63, 3.8) is 0 Å². The third-order valence-electron chi connectivity index (χ3n) is 19.4. The monoisotopic (exact) mass is 1040 g/mol. The van der Waals surface area contributed by atoms with Gasteiger partial charge in [-0.2, -0.15) is 0 Å². The second-order valence-corrected chi connectivity index (χ2v) is 24.4. The quantitative estimate of drug-likeness (QED) is 0.153. The molecule has 0 radical (unpaired) electrons. The average Bonchev–Trinajstić information content (AvgIpc) is 4.34. The highest BCUT2D eigenvalue weighted by Crippen LogP contribution is 2.55. The minimum Gasteiger partial charge on any atom is -0.310 e. The van der Waals surface area contributed by atoms with Gasteiger partial charge in [-0.15, -0.1) is 0 Å². The number of fused-ring (bicyclic) bond motifs is 17. The lowest BCUT2D eigenvalue weighted by Gasteiger charge is -2.28. The van der Waals surface area contributed by atoms with E-state index in [0.29, 0.717) is 0 Å². The van der Waals surface area contributed by atoms with Crippen LogP contribution in [0.1, 0.15) is 49.9 Å². The molecule has 384 valence electrons. The van der Waals surface area contributed by atoms with Gasteiger partial charge < -0.3 is 9.80 Å². The van der Waals surface area contributed by atoms with E-state index >= 15 is 0 Å². The van der Waals surface area contributed by atoms with E-state index in [1.807, 2.05) is 0 Å². The van der Waals surface area contributed by atoms with Crippen molar-refractivity contribution in [2.24, 2.45) is 0 Å². The number of anilines is 6. The van der Waals surface area contributed by atoms with Crippen LogP contribution in [-0.2, 0) is 10.8 Å². The van der Waals surface area contributed by atoms with E-state index in [1.165, 1.54) is 141 Å². The second-order valence-electron chi connectivity index (χ2n) is 24.4. The van der Waals surface area contributed by atoms with Crippen LogP contribution in [0, 0.1) is 0 Å². The minimum absolute atomic E-state index is 0.126. The van der Waals surface area contributed by atoms with Gasteiger partial charge in [0.1, 0.15) is 0 Å². The largest absolute Gasteiger partial charge is 0.310 e. The van der Waals surface area contributed by atoms with E-state index in [1.54, 1.807) is 0 Å². The average molecular weight is 1040 g/mol. The molecule has 0 bridgehead atoms. The molecule has 18 rings (SSSR count). The van der Waals surface area contributed by atoms with Crippen molar-refractivity contribution in [1.82, 2.24) is 0 Å². The fourth-order valence-electron chi connectivity index (χ4n) is 15.5. The number of hydrogen-bond acceptors (Lipinski definition) is 2. The first-order valence-electron chi connectivity index (χ1n) is 29.0. The topological polar surface area (TPSA) is 6.48 Å². The summed E-state index contributed by atoms with van der Waals surface area (Å²) < 4.78 is 0. The van der Waals surface area contributed by atoms with Crippen molar-refractivity contribution in [2.45, 2.75) is 38.5 Å². The molecule has 82 heavy (non-hydrogen) atoms. The van der Waals surface area contributed by atoms with Gasteiger partial charge in [0.25, 0.3) is 0 Å². The molecule has 2 nitrogen and oxygen atoms in total. The van der Waals surface area contributed by atoms with Crippen LogP contribution >= 0.6 is 0 Å². The first-order chi connectivity index (χ1) is 40.2. The Bertz CT molecular complexity index is 5090. The SMILES string of the molecule is CC1(C)c2ccccc2-c2ccc(N(c3ccc4ccccc4c3)c3ccc4c(c3)c3cccc5c6cc7c8ccc(N(c9ccc%10c(c9)C(C)(C)c9ccccc9-%10)c9ccc%10ccccc%10c9)cc8c8cccc(c6cc4c35)c87)cc21. The van der Waals surface area contributed by atoms with Gasteiger partial charge in [-0.3, -0.25) is 0 Å². The first kappa shape index (κ1) is 45.8. The highest BCUT2D eigenvalue weighted by atomic mass is 15.1. The molecule has 2 aliphatic carbocycles. The van der Waals surface area contributed by atoms with Gasteiger partial charge in [-0.25, -0.2) is 0 Å². The summed E-state index contributed by atoms with van der Waals surface area (Å²) in [6.07, 6.45) is 0. The molecule has 0 atom stereocenters. The van der Waals surface area contributed by atoms with Crippen LogP contribution in [0.15, 0.2) is 255 Å². The molecule has 0 heterocycles. The van der Waals surface area contributed by atoms with Crippen LogP contribution in [0.5, 0.6) is 0 Å². The molecule has 16 aromatic carbocycles. The van der Waals surface area contributed by atoms with Crippen LogP contribution in [0.3, 0.4) is 0 Å². The Morgan fingerprint density at radius 1 is 0.207 bits per heavy atom. The van der Waals surface area contributed by atoms with Gasteiger partial charge in [-0.05, 0) is 226 Å². The summed E-state index contributed by atoms with van der Waals surface area (Å²) >= 11 is 0. The maximum atomic E-state index is 2.51. The summed E-state index contributed by atoms with van der Waals surface area (Å²) in [5.41, 5.74) is 17.5. The number of hydrogen-bond donors (Lipinski definition) is 0. The lowest BCUT2D eigenvalue weighted by Crippen LogP contribution is -2.16. The molecule has 0 saturated carbocycles. The first-order valence-corrected chi connectivity index (χ1v) is 29.0. The van der Waals surface area contributed by atoms with E-state index < -0.39 is 0 Å². The van der Waals surface area contributed by atoms with Crippen molar-refractivity contribution >= 4 is 131 Å². The molecule has 0 fully saturated rings. The molecule has 0 aromatic heterocycles. The second kappa shape index (κ2) is 16.3. The Hall–Kier alpha value is -10.0. The number of rotatable bonds is 6. The van der Waals surface area contributed by atoms with Gasteiger partial charge in [0.15, 0.2) is 0 Å². The van der Waals surface area contributed by atoms with Crippen molar-refractivity contribution < 1.29 is 0 Å². The fraction of sp³-hybridized carbons (Fsp3) is 0.0750. The Kier molecular flexibility index (Phi) is 9.11. The molecule has 16 aromatic rings. The highest BCUT2D eigenvalue weighted by Gasteiger charge is 2.37. The fourth-order valence-corrected chi connectivity index (χ4v) is 15.5. The Morgan fingerprint density at radius 2 is 0.537 bits per heavy atom. The summed E-state index contributed by atoms with van der Waals surface area (Å²) in [5, 5.41) is 23.1. The van der Waals surface area contributed by atoms with Gasteiger partial charge in [0, 0.05) is 45.0 Å². The van der Waals surface area contributed by atoms with Crippen LogP contribution in [0.25, 0.3) is 119 Å². The van der Waals surface area contributed by atoms with E-state index in [2.05, 4.69) is 292 Å². The molecule has 2 heteroatoms. The van der Waals surface area contributed by atoms with E-state index in [-0.39, 0.29) is 10.8 Å². The van der Waals surface area contributed by atoms with Gasteiger partial charge in [0.2, 0.25) is 0 Å². The van der Waals surface area contributed by atoms with Crippen LogP contribution in [0.2, 0.25) is 0 Å². The third kappa shape index (κ3) is 6.19. The summed E-state index contributed by atoms with van der Waals surface area (Å²) in [6.45, 7) is 9.50. The van der Waals surface area contributed by atoms with Gasteiger partial charge >= 0.3 is 0 Å². The highest BCUT2D eigenvalue weighted by molar-refractivity contribution is 6.41. The lowest BCUT2D eigenvalue weighted by molar-refractivity contribution is 0.660. The van der Waals surface area contributed by atoms with Crippen molar-refractivity contribution in [1.29, 1.82) is 0 Å². The van der Waals surface area contributed by atoms with Crippen LogP contribution in [-0.4, -0.2) is 0 Å². The summed E-state index contributed by atoms with van der Waals surface area (Å²) in [7, 11) is 0. The summed E-state index contributed by atoms with van der Waals surface area (Å²) in [4.78, 5) is 4.96. The van der Waals surface area contributed by atoms with Crippen LogP contribution in [0.4, 0.5) is 34.1 Å². The van der Waals surface area contributed by atoms with E-state index in [0.717, 1.165) is 34.1 Å². The summed E-state index contributed by atoms with van der Waals surface area (Å²) in [6, 6.07) is 96.8. The van der Waals surface area contributed by atoms with Crippen molar-refractivity contribution in [3.05, 3.63) is 277 Å². The molecule has 0 aliphatic heterocycles. The zero-order chi connectivity index (χ0) is 54.3. The molecule has 0 unspecified atom stereocenters. The Morgan fingerprint density at radius 3 is 0.976 bits per heavy atom. The number of nitrogens with zero attached hydrogens (tertiary/aromatic N) is 2. The lowest BCUT2D eigenvalue weighted by atomic mass is 9.82. The zero-order valence-corrected chi connectivity index (χ0v) is 46.1. The normalized spacial score (nSPS) is 14.0. The number of benzene rings is 14. The van der Waals surface area contributed by atoms with E-state index in [9.17, 15) is 0 Å². The Balaban J connectivity index is 0.812. The van der Waals surface area contributed by atoms with Crippen molar-refractivity contribution in [3.8, 4) is 22.3 Å². The summed E-state index contributed by atoms with van der Waals surface area (Å²) in [5.74, 6) is 0. The van der Waals surface area contributed by atoms with Gasteiger partial charge in [0.05, 0.1) is 0 Å². The van der Waals surface area contributed by atoms with E-state index in [4.69, 9.17) is 0 Å². The maximum absolute atomic E-state index is 2.51. The molecular weight excluding hydrogens is 989 g/mol. The standard InChI is InChI=1S/C80H54N2/c1-79(2)73-25-11-9-19-59(73)61-37-33-55(43-75(61)79)81(51-29-27-47-15-5-7-17-49(47)39-51)53-31-35-57-67(41-53)63-21-13-23-65-70-46-72-58-36-32-54(42-68(58)64-22-14-24-66(78(64)72)69(70)45-71(57)77(63)65)82(52-30-28-48-16-6-8-18-50(48)40-52)56-34-38-62-60-20-10-12-26-74(60)80(3,4)76(62)44-56/h5-46H,1-4H3. The predicted octanol–water partition coefficient (Wildman–Crippen LogP) is 22.5. The zero-order valence-electron chi connectivity index (χ0n) is 46.1. The maximum Gasteiger partial charge on any atom is 0.0468 e. The third-order valence-corrected chi connectivity index (χ3v) is 19.4.